The highest BCUT2D eigenvalue weighted by Gasteiger charge is 2.35. The molecule has 1 aliphatic rings. The number of aliphatic hydroxyl groups excluding tert-OH is 1. The van der Waals surface area contributed by atoms with Crippen LogP contribution in [0.2, 0.25) is 0 Å². The van der Waals surface area contributed by atoms with Gasteiger partial charge in [0.05, 0.1) is 17.1 Å². The van der Waals surface area contributed by atoms with Crippen LogP contribution in [0.15, 0.2) is 6.33 Å². The third-order valence-electron chi connectivity index (χ3n) is 3.25. The van der Waals surface area contributed by atoms with Crippen molar-refractivity contribution in [2.75, 3.05) is 5.75 Å². The Morgan fingerprint density at radius 2 is 2.35 bits per heavy atom. The molecule has 7 heteroatoms. The van der Waals surface area contributed by atoms with Gasteiger partial charge in [-0.05, 0) is 12.8 Å². The number of aliphatic hydroxyl groups is 1. The fourth-order valence-electron chi connectivity index (χ4n) is 2.23. The van der Waals surface area contributed by atoms with Gasteiger partial charge in [-0.3, -0.25) is 4.68 Å². The molecule has 1 aromatic heterocycles. The molecule has 2 rings (SSSR count). The molecular weight excluding hydrogens is 242 g/mol. The second-order valence-electron chi connectivity index (χ2n) is 4.47. The summed E-state index contributed by atoms with van der Waals surface area (Å²) in [6.07, 6.45) is 2.86. The summed E-state index contributed by atoms with van der Waals surface area (Å²) in [5.41, 5.74) is 0. The van der Waals surface area contributed by atoms with Crippen LogP contribution in [-0.4, -0.2) is 45.4 Å². The molecule has 0 saturated carbocycles. The number of rotatable bonds is 3. The Bertz CT molecular complexity index is 483. The van der Waals surface area contributed by atoms with Crippen LogP contribution >= 0.6 is 0 Å². The first-order valence-electron chi connectivity index (χ1n) is 5.73. The minimum absolute atomic E-state index is 0.188. The molecule has 1 aromatic rings. The normalized spacial score (nSPS) is 25.6. The molecule has 17 heavy (non-hydrogen) atoms. The minimum Gasteiger partial charge on any atom is -0.391 e. The molecule has 1 saturated heterocycles. The Kier molecular flexibility index (Phi) is 3.48. The molecule has 6 nitrogen and oxygen atoms in total. The second kappa shape index (κ2) is 4.73. The maximum absolute atomic E-state index is 11.8. The molecule has 2 heterocycles. The minimum atomic E-state index is -3.15. The first-order chi connectivity index (χ1) is 8.00. The molecular formula is C10H17N3O3S. The zero-order valence-electron chi connectivity index (χ0n) is 9.78. The van der Waals surface area contributed by atoms with E-state index in [2.05, 4.69) is 10.1 Å². The van der Waals surface area contributed by atoms with Crippen LogP contribution in [0.3, 0.4) is 0 Å². The quantitative estimate of drug-likeness (QED) is 0.804. The van der Waals surface area contributed by atoms with Gasteiger partial charge in [-0.1, -0.05) is 6.42 Å². The van der Waals surface area contributed by atoms with Crippen LogP contribution in [0.25, 0.3) is 0 Å². The van der Waals surface area contributed by atoms with E-state index in [0.29, 0.717) is 18.7 Å². The van der Waals surface area contributed by atoms with Gasteiger partial charge in [0, 0.05) is 13.5 Å². The average Bonchev–Trinajstić information content (AvgIpc) is 2.63. The van der Waals surface area contributed by atoms with E-state index < -0.39 is 21.2 Å². The lowest BCUT2D eigenvalue weighted by atomic mass is 10.1. The van der Waals surface area contributed by atoms with Crippen LogP contribution in [-0.2, 0) is 23.3 Å². The van der Waals surface area contributed by atoms with Gasteiger partial charge in [0.25, 0.3) is 0 Å². The van der Waals surface area contributed by atoms with Crippen molar-refractivity contribution in [1.82, 2.24) is 14.8 Å². The summed E-state index contributed by atoms with van der Waals surface area (Å²) in [6, 6.07) is 0. The zero-order chi connectivity index (χ0) is 12.5. The summed E-state index contributed by atoms with van der Waals surface area (Å²) >= 11 is 0. The molecule has 1 N–H and O–H groups in total. The summed E-state index contributed by atoms with van der Waals surface area (Å²) in [5, 5.41) is 13.3. The molecule has 2 unspecified atom stereocenters. The Morgan fingerprint density at radius 1 is 1.59 bits per heavy atom. The molecule has 96 valence electrons. The number of hydrogen-bond donors (Lipinski definition) is 1. The van der Waals surface area contributed by atoms with Crippen LogP contribution in [0.4, 0.5) is 0 Å². The number of nitrogens with zero attached hydrogens (tertiary/aromatic N) is 3. The molecule has 2 atom stereocenters. The summed E-state index contributed by atoms with van der Waals surface area (Å²) < 4.78 is 25.2. The lowest BCUT2D eigenvalue weighted by Gasteiger charge is -2.26. The van der Waals surface area contributed by atoms with E-state index >= 15 is 0 Å². The Hall–Kier alpha value is -0.950. The predicted octanol–water partition coefficient (Wildman–Crippen LogP) is -0.314. The van der Waals surface area contributed by atoms with Gasteiger partial charge >= 0.3 is 0 Å². The van der Waals surface area contributed by atoms with Gasteiger partial charge in [0.2, 0.25) is 0 Å². The van der Waals surface area contributed by atoms with Gasteiger partial charge in [-0.2, -0.15) is 5.10 Å². The predicted molar refractivity (Wildman–Crippen MR) is 62.1 cm³/mol. The second-order valence-corrected chi connectivity index (χ2v) is 6.81. The highest BCUT2D eigenvalue weighted by molar-refractivity contribution is 7.92. The molecule has 0 spiro atoms. The largest absolute Gasteiger partial charge is 0.391 e. The van der Waals surface area contributed by atoms with E-state index in [-0.39, 0.29) is 12.2 Å². The lowest BCUT2D eigenvalue weighted by Crippen LogP contribution is -2.40. The molecule has 0 radical (unpaired) electrons. The summed E-state index contributed by atoms with van der Waals surface area (Å²) in [7, 11) is -1.42. The van der Waals surface area contributed by atoms with Crippen molar-refractivity contribution >= 4 is 9.84 Å². The lowest BCUT2D eigenvalue weighted by molar-refractivity contribution is 0.158. The first kappa shape index (κ1) is 12.5. The SMILES string of the molecule is Cn1ncnc1CC(O)C1CCCCS1(=O)=O. The van der Waals surface area contributed by atoms with Gasteiger partial charge in [0.15, 0.2) is 9.84 Å². The van der Waals surface area contributed by atoms with Crippen molar-refractivity contribution in [2.24, 2.45) is 7.05 Å². The van der Waals surface area contributed by atoms with E-state index in [0.717, 1.165) is 6.42 Å². The third-order valence-corrected chi connectivity index (χ3v) is 5.58. The maximum Gasteiger partial charge on any atom is 0.155 e. The monoisotopic (exact) mass is 259 g/mol. The van der Waals surface area contributed by atoms with Gasteiger partial charge in [0.1, 0.15) is 12.2 Å². The number of sulfone groups is 1. The molecule has 0 bridgehead atoms. The van der Waals surface area contributed by atoms with E-state index in [1.165, 1.54) is 6.33 Å². The molecule has 0 amide bonds. The maximum atomic E-state index is 11.8. The van der Waals surface area contributed by atoms with Crippen molar-refractivity contribution < 1.29 is 13.5 Å². The van der Waals surface area contributed by atoms with Crippen LogP contribution in [0, 0.1) is 0 Å². The third kappa shape index (κ3) is 2.66. The molecule has 0 aromatic carbocycles. The van der Waals surface area contributed by atoms with Gasteiger partial charge in [-0.15, -0.1) is 0 Å². The highest BCUT2D eigenvalue weighted by Crippen LogP contribution is 2.23. The zero-order valence-corrected chi connectivity index (χ0v) is 10.6. The highest BCUT2D eigenvalue weighted by atomic mass is 32.2. The van der Waals surface area contributed by atoms with Crippen molar-refractivity contribution in [3.8, 4) is 0 Å². The van der Waals surface area contributed by atoms with Crippen molar-refractivity contribution in [3.63, 3.8) is 0 Å². The fraction of sp³-hybridized carbons (Fsp3) is 0.800. The molecule has 0 aliphatic carbocycles. The first-order valence-corrected chi connectivity index (χ1v) is 7.45. The van der Waals surface area contributed by atoms with Gasteiger partial charge in [-0.25, -0.2) is 13.4 Å². The summed E-state index contributed by atoms with van der Waals surface area (Å²) in [6.45, 7) is 0. The van der Waals surface area contributed by atoms with Gasteiger partial charge < -0.3 is 5.11 Å². The molecule has 1 aliphatic heterocycles. The number of aryl methyl sites for hydroxylation is 1. The van der Waals surface area contributed by atoms with E-state index in [9.17, 15) is 13.5 Å². The standard InChI is InChI=1S/C10H17N3O3S/c1-13-10(11-7-12-13)6-8(14)9-4-2-3-5-17(9,15)16/h7-9,14H,2-6H2,1H3. The Labute approximate surface area is 101 Å². The number of hydrogen-bond acceptors (Lipinski definition) is 5. The van der Waals surface area contributed by atoms with E-state index in [1.807, 2.05) is 0 Å². The van der Waals surface area contributed by atoms with Crippen LogP contribution < -0.4 is 0 Å². The van der Waals surface area contributed by atoms with Crippen LogP contribution in [0.1, 0.15) is 25.1 Å². The van der Waals surface area contributed by atoms with Crippen LogP contribution in [0.5, 0.6) is 0 Å². The number of aromatic nitrogens is 3. The Balaban J connectivity index is 2.09. The van der Waals surface area contributed by atoms with Crippen molar-refractivity contribution in [2.45, 2.75) is 37.0 Å². The van der Waals surface area contributed by atoms with E-state index in [1.54, 1.807) is 11.7 Å². The summed E-state index contributed by atoms with van der Waals surface area (Å²) in [5.74, 6) is 0.798. The van der Waals surface area contributed by atoms with E-state index in [4.69, 9.17) is 0 Å². The Morgan fingerprint density at radius 3 is 2.94 bits per heavy atom. The van der Waals surface area contributed by atoms with Crippen molar-refractivity contribution in [3.05, 3.63) is 12.2 Å². The topological polar surface area (TPSA) is 85.1 Å². The molecule has 1 fully saturated rings. The summed E-state index contributed by atoms with van der Waals surface area (Å²) in [4.78, 5) is 4.00. The fourth-order valence-corrected chi connectivity index (χ4v) is 4.24. The average molecular weight is 259 g/mol. The smallest absolute Gasteiger partial charge is 0.155 e. The van der Waals surface area contributed by atoms with Crippen molar-refractivity contribution in [1.29, 1.82) is 0 Å².